The third kappa shape index (κ3) is 4.08. The van der Waals surface area contributed by atoms with Crippen LogP contribution in [0, 0.1) is 6.92 Å². The number of carbonyl (C=O) groups is 1. The van der Waals surface area contributed by atoms with E-state index >= 15 is 0 Å². The molecule has 25 heavy (non-hydrogen) atoms. The van der Waals surface area contributed by atoms with Crippen molar-refractivity contribution >= 4 is 16.9 Å². The number of rotatable bonds is 7. The maximum atomic E-state index is 12.2. The van der Waals surface area contributed by atoms with E-state index in [9.17, 15) is 4.79 Å². The minimum atomic E-state index is -0.00855. The van der Waals surface area contributed by atoms with Gasteiger partial charge in [0.05, 0.1) is 11.0 Å². The Hall–Kier alpha value is -2.62. The molecule has 0 aliphatic rings. The average Bonchev–Trinajstić information content (AvgIpc) is 2.97. The van der Waals surface area contributed by atoms with E-state index in [0.29, 0.717) is 6.54 Å². The van der Waals surface area contributed by atoms with Gasteiger partial charge in [-0.15, -0.1) is 0 Å². The number of nitrogens with one attached hydrogen (secondary N) is 1. The van der Waals surface area contributed by atoms with Gasteiger partial charge < -0.3 is 9.88 Å². The van der Waals surface area contributed by atoms with Gasteiger partial charge in [0.15, 0.2) is 0 Å². The molecule has 4 nitrogen and oxygen atoms in total. The molecular weight excluding hydrogens is 310 g/mol. The summed E-state index contributed by atoms with van der Waals surface area (Å²) in [5.41, 5.74) is 4.07. The first-order chi connectivity index (χ1) is 12.2. The first kappa shape index (κ1) is 17.2. The van der Waals surface area contributed by atoms with Crippen LogP contribution in [0.1, 0.15) is 41.5 Å². The van der Waals surface area contributed by atoms with Crippen LogP contribution in [0.3, 0.4) is 0 Å². The average molecular weight is 335 g/mol. The predicted octanol–water partition coefficient (Wildman–Crippen LogP) is 4.12. The molecule has 3 aromatic rings. The molecule has 4 heteroatoms. The Bertz CT molecular complexity index is 866. The lowest BCUT2D eigenvalue weighted by Gasteiger charge is -2.09. The molecule has 2 aromatic carbocycles. The standard InChI is InChI=1S/C21H25N3O/c1-3-14-24-19-11-5-4-10-18(19)23-20(24)12-7-13-22-21(25)17-9-6-8-16(2)15-17/h4-6,8-11,15H,3,7,12-14H2,1-2H3,(H,22,25). The van der Waals surface area contributed by atoms with Crippen LogP contribution in [0.5, 0.6) is 0 Å². The fourth-order valence-corrected chi connectivity index (χ4v) is 3.13. The second kappa shape index (κ2) is 7.97. The summed E-state index contributed by atoms with van der Waals surface area (Å²) >= 11 is 0. The van der Waals surface area contributed by atoms with Crippen molar-refractivity contribution in [2.45, 2.75) is 39.7 Å². The van der Waals surface area contributed by atoms with Gasteiger partial charge >= 0.3 is 0 Å². The molecule has 0 saturated heterocycles. The lowest BCUT2D eigenvalue weighted by atomic mass is 10.1. The van der Waals surface area contributed by atoms with Gasteiger partial charge in [-0.2, -0.15) is 0 Å². The van der Waals surface area contributed by atoms with E-state index in [0.717, 1.165) is 48.3 Å². The van der Waals surface area contributed by atoms with Crippen molar-refractivity contribution in [1.29, 1.82) is 0 Å². The fourth-order valence-electron chi connectivity index (χ4n) is 3.13. The van der Waals surface area contributed by atoms with E-state index in [-0.39, 0.29) is 5.91 Å². The van der Waals surface area contributed by atoms with Gasteiger partial charge in [0.25, 0.3) is 5.91 Å². The second-order valence-electron chi connectivity index (χ2n) is 6.40. The molecule has 0 unspecified atom stereocenters. The van der Waals surface area contributed by atoms with Crippen LogP contribution in [-0.2, 0) is 13.0 Å². The molecule has 0 aliphatic carbocycles. The molecule has 3 rings (SSSR count). The summed E-state index contributed by atoms with van der Waals surface area (Å²) < 4.78 is 2.30. The largest absolute Gasteiger partial charge is 0.352 e. The summed E-state index contributed by atoms with van der Waals surface area (Å²) in [6, 6.07) is 15.9. The SMILES string of the molecule is CCCn1c(CCCNC(=O)c2cccc(C)c2)nc2ccccc21. The van der Waals surface area contributed by atoms with Crippen LogP contribution >= 0.6 is 0 Å². The van der Waals surface area contributed by atoms with E-state index in [2.05, 4.69) is 35.0 Å². The summed E-state index contributed by atoms with van der Waals surface area (Å²) in [6.07, 6.45) is 2.82. The molecule has 0 atom stereocenters. The van der Waals surface area contributed by atoms with Gasteiger partial charge in [-0.1, -0.05) is 36.8 Å². The van der Waals surface area contributed by atoms with Gasteiger partial charge in [-0.25, -0.2) is 4.98 Å². The molecule has 1 N–H and O–H groups in total. The van der Waals surface area contributed by atoms with E-state index in [4.69, 9.17) is 4.98 Å². The topological polar surface area (TPSA) is 46.9 Å². The van der Waals surface area contributed by atoms with Gasteiger partial charge in [0, 0.05) is 25.1 Å². The number of para-hydroxylation sites is 2. The van der Waals surface area contributed by atoms with Crippen LogP contribution in [0.25, 0.3) is 11.0 Å². The molecule has 0 saturated carbocycles. The summed E-state index contributed by atoms with van der Waals surface area (Å²) in [7, 11) is 0. The van der Waals surface area contributed by atoms with Gasteiger partial charge in [0.2, 0.25) is 0 Å². The Kier molecular flexibility index (Phi) is 5.49. The molecule has 0 aliphatic heterocycles. The summed E-state index contributed by atoms with van der Waals surface area (Å²) in [4.78, 5) is 17.0. The predicted molar refractivity (Wildman–Crippen MR) is 102 cm³/mol. The van der Waals surface area contributed by atoms with E-state index in [1.54, 1.807) is 0 Å². The molecule has 0 radical (unpaired) electrons. The lowest BCUT2D eigenvalue weighted by molar-refractivity contribution is 0.0953. The second-order valence-corrected chi connectivity index (χ2v) is 6.40. The maximum Gasteiger partial charge on any atom is 0.251 e. The Morgan fingerprint density at radius 1 is 1.16 bits per heavy atom. The molecule has 0 fully saturated rings. The number of amides is 1. The van der Waals surface area contributed by atoms with Crippen LogP contribution in [-0.4, -0.2) is 22.0 Å². The zero-order valence-electron chi connectivity index (χ0n) is 15.0. The molecule has 130 valence electrons. The van der Waals surface area contributed by atoms with Crippen LogP contribution in [0.15, 0.2) is 48.5 Å². The molecule has 1 aromatic heterocycles. The molecule has 1 amide bonds. The number of fused-ring (bicyclic) bond motifs is 1. The number of hydrogen-bond donors (Lipinski definition) is 1. The smallest absolute Gasteiger partial charge is 0.251 e. The highest BCUT2D eigenvalue weighted by Crippen LogP contribution is 2.17. The zero-order valence-corrected chi connectivity index (χ0v) is 15.0. The van der Waals surface area contributed by atoms with Crippen molar-refractivity contribution in [3.63, 3.8) is 0 Å². The third-order valence-corrected chi connectivity index (χ3v) is 4.32. The highest BCUT2D eigenvalue weighted by molar-refractivity contribution is 5.94. The van der Waals surface area contributed by atoms with Crippen LogP contribution in [0.4, 0.5) is 0 Å². The molecular formula is C21H25N3O. The summed E-state index contributed by atoms with van der Waals surface area (Å²) in [6.45, 7) is 5.81. The number of aromatic nitrogens is 2. The number of aryl methyl sites for hydroxylation is 3. The highest BCUT2D eigenvalue weighted by Gasteiger charge is 2.10. The van der Waals surface area contributed by atoms with Gasteiger partial charge in [0.1, 0.15) is 5.82 Å². The minimum Gasteiger partial charge on any atom is -0.352 e. The van der Waals surface area contributed by atoms with Crippen molar-refractivity contribution in [3.05, 3.63) is 65.5 Å². The number of hydrogen-bond acceptors (Lipinski definition) is 2. The number of benzene rings is 2. The first-order valence-corrected chi connectivity index (χ1v) is 8.98. The van der Waals surface area contributed by atoms with Crippen LogP contribution in [0.2, 0.25) is 0 Å². The fraction of sp³-hybridized carbons (Fsp3) is 0.333. The van der Waals surface area contributed by atoms with Gasteiger partial charge in [-0.05, 0) is 44.0 Å². The van der Waals surface area contributed by atoms with Crippen molar-refractivity contribution in [1.82, 2.24) is 14.9 Å². The summed E-state index contributed by atoms with van der Waals surface area (Å²) in [5.74, 6) is 1.10. The van der Waals surface area contributed by atoms with E-state index in [1.165, 1.54) is 5.52 Å². The van der Waals surface area contributed by atoms with Crippen molar-refractivity contribution < 1.29 is 4.79 Å². The number of imidazole rings is 1. The molecule has 1 heterocycles. The quantitative estimate of drug-likeness (QED) is 0.660. The van der Waals surface area contributed by atoms with E-state index < -0.39 is 0 Å². The number of nitrogens with zero attached hydrogens (tertiary/aromatic N) is 2. The highest BCUT2D eigenvalue weighted by atomic mass is 16.1. The first-order valence-electron chi connectivity index (χ1n) is 8.98. The Morgan fingerprint density at radius 3 is 2.80 bits per heavy atom. The van der Waals surface area contributed by atoms with E-state index in [1.807, 2.05) is 37.3 Å². The minimum absolute atomic E-state index is 0.00855. The molecule has 0 bridgehead atoms. The maximum absolute atomic E-state index is 12.2. The lowest BCUT2D eigenvalue weighted by Crippen LogP contribution is -2.25. The van der Waals surface area contributed by atoms with Crippen molar-refractivity contribution in [2.24, 2.45) is 0 Å². The molecule has 0 spiro atoms. The monoisotopic (exact) mass is 335 g/mol. The Labute approximate surface area is 148 Å². The van der Waals surface area contributed by atoms with Crippen LogP contribution < -0.4 is 5.32 Å². The Balaban J connectivity index is 1.59. The summed E-state index contributed by atoms with van der Waals surface area (Å²) in [5, 5.41) is 3.01. The normalized spacial score (nSPS) is 11.0. The zero-order chi connectivity index (χ0) is 17.6. The van der Waals surface area contributed by atoms with Crippen molar-refractivity contribution in [3.8, 4) is 0 Å². The number of carbonyl (C=O) groups excluding carboxylic acids is 1. The van der Waals surface area contributed by atoms with Crippen molar-refractivity contribution in [2.75, 3.05) is 6.54 Å². The van der Waals surface area contributed by atoms with Gasteiger partial charge in [-0.3, -0.25) is 4.79 Å². The Morgan fingerprint density at radius 2 is 2.00 bits per heavy atom. The third-order valence-electron chi connectivity index (χ3n) is 4.32.